The number of nitrogens with zero attached hydrogens (tertiary/aromatic N) is 5. The van der Waals surface area contributed by atoms with Crippen LogP contribution in [0, 0.1) is 5.92 Å². The summed E-state index contributed by atoms with van der Waals surface area (Å²) in [5.74, 6) is 0.840. The van der Waals surface area contributed by atoms with Crippen LogP contribution in [0.5, 0.6) is 0 Å². The fraction of sp³-hybridized carbons (Fsp3) is 0.680. The number of amides is 1. The van der Waals surface area contributed by atoms with Crippen molar-refractivity contribution in [2.75, 3.05) is 39.3 Å². The van der Waals surface area contributed by atoms with Gasteiger partial charge in [0.05, 0.1) is 5.69 Å². The van der Waals surface area contributed by atoms with E-state index in [0.29, 0.717) is 5.69 Å². The van der Waals surface area contributed by atoms with Crippen LogP contribution in [0.15, 0.2) is 24.4 Å². The number of piperidine rings is 1. The lowest BCUT2D eigenvalue weighted by Gasteiger charge is -2.40. The van der Waals surface area contributed by atoms with Gasteiger partial charge >= 0.3 is 0 Å². The minimum atomic E-state index is 0.118. The second-order valence-corrected chi connectivity index (χ2v) is 9.94. The molecule has 4 heterocycles. The minimum Gasteiger partial charge on any atom is -0.335 e. The first-order valence-electron chi connectivity index (χ1n) is 12.4. The van der Waals surface area contributed by atoms with Gasteiger partial charge in [0.15, 0.2) is 5.69 Å². The molecule has 1 atom stereocenters. The zero-order valence-electron chi connectivity index (χ0n) is 19.0. The monoisotopic (exact) mass is 423 g/mol. The van der Waals surface area contributed by atoms with Crippen LogP contribution in [0.4, 0.5) is 0 Å². The van der Waals surface area contributed by atoms with Crippen LogP contribution in [0.2, 0.25) is 0 Å². The topological polar surface area (TPSA) is 44.1 Å². The number of carbonyl (C=O) groups is 1. The SMILES string of the molecule is C[C@H]1CCCN(Cc2c(C(=O)N3CCN(C4CCCCC4)CC3)nc3ccccn23)C1. The molecule has 2 aromatic rings. The molecule has 1 amide bonds. The fourth-order valence-corrected chi connectivity index (χ4v) is 5.90. The molecule has 0 radical (unpaired) electrons. The Bertz CT molecular complexity index is 894. The number of hydrogen-bond acceptors (Lipinski definition) is 4. The summed E-state index contributed by atoms with van der Waals surface area (Å²) in [5.41, 5.74) is 2.60. The summed E-state index contributed by atoms with van der Waals surface area (Å²) in [5, 5.41) is 0. The largest absolute Gasteiger partial charge is 0.335 e. The van der Waals surface area contributed by atoms with E-state index in [-0.39, 0.29) is 5.91 Å². The Morgan fingerprint density at radius 1 is 1.00 bits per heavy atom. The number of pyridine rings is 1. The van der Waals surface area contributed by atoms with Crippen LogP contribution < -0.4 is 0 Å². The van der Waals surface area contributed by atoms with Crippen molar-refractivity contribution in [3.05, 3.63) is 35.8 Å². The van der Waals surface area contributed by atoms with Gasteiger partial charge in [-0.25, -0.2) is 4.98 Å². The Hall–Kier alpha value is -1.92. The Balaban J connectivity index is 1.32. The molecular formula is C25H37N5O. The smallest absolute Gasteiger partial charge is 0.274 e. The minimum absolute atomic E-state index is 0.118. The van der Waals surface area contributed by atoms with Crippen molar-refractivity contribution in [1.82, 2.24) is 24.1 Å². The third-order valence-electron chi connectivity index (χ3n) is 7.64. The van der Waals surface area contributed by atoms with Crippen LogP contribution in [-0.4, -0.2) is 75.3 Å². The number of carbonyl (C=O) groups excluding carboxylic acids is 1. The highest BCUT2D eigenvalue weighted by atomic mass is 16.2. The number of rotatable bonds is 4. The van der Waals surface area contributed by atoms with Crippen molar-refractivity contribution in [1.29, 1.82) is 0 Å². The first-order valence-corrected chi connectivity index (χ1v) is 12.4. The molecule has 3 aliphatic rings. The normalized spacial score (nSPS) is 24.7. The van der Waals surface area contributed by atoms with Crippen LogP contribution in [0.3, 0.4) is 0 Å². The van der Waals surface area contributed by atoms with E-state index in [1.54, 1.807) is 0 Å². The van der Waals surface area contributed by atoms with Crippen LogP contribution >= 0.6 is 0 Å². The van der Waals surface area contributed by atoms with Crippen molar-refractivity contribution in [3.8, 4) is 0 Å². The predicted molar refractivity (Wildman–Crippen MR) is 123 cm³/mol. The third kappa shape index (κ3) is 4.51. The molecule has 1 saturated carbocycles. The van der Waals surface area contributed by atoms with E-state index in [0.717, 1.165) is 69.1 Å². The standard InChI is InChI=1S/C25H37N5O/c1-20-8-7-12-27(18-20)19-22-24(26-23-11-5-6-13-30(22)23)25(31)29-16-14-28(15-17-29)21-9-3-2-4-10-21/h5-6,11,13,20-21H,2-4,7-10,12,14-19H2,1H3/t20-/m0/s1. The van der Waals surface area contributed by atoms with Crippen molar-refractivity contribution in [2.24, 2.45) is 5.92 Å². The molecule has 0 aromatic carbocycles. The summed E-state index contributed by atoms with van der Waals surface area (Å²) in [4.78, 5) is 25.6. The van der Waals surface area contributed by atoms with E-state index in [2.05, 4.69) is 27.3 Å². The zero-order valence-corrected chi connectivity index (χ0v) is 19.0. The highest BCUT2D eigenvalue weighted by Gasteiger charge is 2.30. The number of piperazine rings is 1. The highest BCUT2D eigenvalue weighted by molar-refractivity contribution is 5.94. The van der Waals surface area contributed by atoms with Gasteiger partial charge in [0.2, 0.25) is 0 Å². The molecule has 168 valence electrons. The second-order valence-electron chi connectivity index (χ2n) is 9.94. The molecule has 2 saturated heterocycles. The van der Waals surface area contributed by atoms with Gasteiger partial charge in [-0.05, 0) is 50.3 Å². The van der Waals surface area contributed by atoms with Crippen LogP contribution in [0.1, 0.15) is 68.1 Å². The number of hydrogen-bond donors (Lipinski definition) is 0. The number of imidazole rings is 1. The summed E-state index contributed by atoms with van der Waals surface area (Å²) >= 11 is 0. The second kappa shape index (κ2) is 9.29. The summed E-state index contributed by atoms with van der Waals surface area (Å²) in [6, 6.07) is 6.79. The van der Waals surface area contributed by atoms with E-state index >= 15 is 0 Å². The molecule has 6 nitrogen and oxygen atoms in total. The summed E-state index contributed by atoms with van der Waals surface area (Å²) in [7, 11) is 0. The molecule has 0 spiro atoms. The number of likely N-dealkylation sites (tertiary alicyclic amines) is 1. The van der Waals surface area contributed by atoms with Crippen molar-refractivity contribution < 1.29 is 4.79 Å². The molecule has 2 aromatic heterocycles. The Labute approximate surface area is 186 Å². The van der Waals surface area contributed by atoms with E-state index in [9.17, 15) is 4.79 Å². The molecule has 0 N–H and O–H groups in total. The summed E-state index contributed by atoms with van der Waals surface area (Å²) in [6.45, 7) is 9.00. The van der Waals surface area contributed by atoms with Gasteiger partial charge in [0.25, 0.3) is 5.91 Å². The van der Waals surface area contributed by atoms with Gasteiger partial charge in [0.1, 0.15) is 5.65 Å². The van der Waals surface area contributed by atoms with Crippen molar-refractivity contribution >= 4 is 11.6 Å². The molecule has 31 heavy (non-hydrogen) atoms. The molecule has 3 fully saturated rings. The number of aromatic nitrogens is 2. The van der Waals surface area contributed by atoms with Gasteiger partial charge in [-0.3, -0.25) is 14.6 Å². The lowest BCUT2D eigenvalue weighted by atomic mass is 9.94. The summed E-state index contributed by atoms with van der Waals surface area (Å²) in [6.07, 6.45) is 11.4. The lowest BCUT2D eigenvalue weighted by Crippen LogP contribution is -2.52. The maximum atomic E-state index is 13.6. The van der Waals surface area contributed by atoms with E-state index in [1.165, 1.54) is 44.9 Å². The van der Waals surface area contributed by atoms with E-state index in [1.807, 2.05) is 23.1 Å². The Morgan fingerprint density at radius 2 is 1.81 bits per heavy atom. The Kier molecular flexibility index (Phi) is 6.28. The molecular weight excluding hydrogens is 386 g/mol. The van der Waals surface area contributed by atoms with Crippen LogP contribution in [0.25, 0.3) is 5.65 Å². The molecule has 5 rings (SSSR count). The van der Waals surface area contributed by atoms with Crippen molar-refractivity contribution in [2.45, 2.75) is 64.5 Å². The molecule has 2 aliphatic heterocycles. The molecule has 0 bridgehead atoms. The van der Waals surface area contributed by atoms with Gasteiger partial charge in [-0.1, -0.05) is 32.3 Å². The van der Waals surface area contributed by atoms with Gasteiger partial charge < -0.3 is 9.30 Å². The van der Waals surface area contributed by atoms with Gasteiger partial charge in [-0.15, -0.1) is 0 Å². The van der Waals surface area contributed by atoms with Gasteiger partial charge in [0, 0.05) is 51.5 Å². The molecule has 6 heteroatoms. The zero-order chi connectivity index (χ0) is 21.2. The average molecular weight is 424 g/mol. The maximum absolute atomic E-state index is 13.6. The van der Waals surface area contributed by atoms with E-state index in [4.69, 9.17) is 4.98 Å². The highest BCUT2D eigenvalue weighted by Crippen LogP contribution is 2.25. The third-order valence-corrected chi connectivity index (χ3v) is 7.64. The van der Waals surface area contributed by atoms with Crippen molar-refractivity contribution in [3.63, 3.8) is 0 Å². The van der Waals surface area contributed by atoms with E-state index < -0.39 is 0 Å². The molecule has 1 aliphatic carbocycles. The lowest BCUT2D eigenvalue weighted by molar-refractivity contribution is 0.0516. The first kappa shape index (κ1) is 21.0. The molecule has 0 unspecified atom stereocenters. The average Bonchev–Trinajstić information content (AvgIpc) is 3.18. The van der Waals surface area contributed by atoms with Crippen LogP contribution in [-0.2, 0) is 6.54 Å². The predicted octanol–water partition coefficient (Wildman–Crippen LogP) is 3.66. The Morgan fingerprint density at radius 3 is 2.58 bits per heavy atom. The number of fused-ring (bicyclic) bond motifs is 1. The summed E-state index contributed by atoms with van der Waals surface area (Å²) < 4.78 is 2.13. The van der Waals surface area contributed by atoms with Gasteiger partial charge in [-0.2, -0.15) is 0 Å². The maximum Gasteiger partial charge on any atom is 0.274 e. The fourth-order valence-electron chi connectivity index (χ4n) is 5.90. The first-order chi connectivity index (χ1) is 15.2. The quantitative estimate of drug-likeness (QED) is 0.753.